The van der Waals surface area contributed by atoms with Gasteiger partial charge in [-0.2, -0.15) is 18.3 Å². The number of piperazine rings is 1. The van der Waals surface area contributed by atoms with Gasteiger partial charge in [0.05, 0.1) is 5.56 Å². The average Bonchev–Trinajstić information content (AvgIpc) is 3.16. The van der Waals surface area contributed by atoms with Crippen molar-refractivity contribution in [2.45, 2.75) is 38.5 Å². The minimum absolute atomic E-state index is 0.580. The summed E-state index contributed by atoms with van der Waals surface area (Å²) in [6.45, 7) is 6.80. The molecule has 7 heteroatoms. The highest BCUT2D eigenvalue weighted by atomic mass is 19.4. The molecule has 3 rings (SSSR count). The molecule has 0 aliphatic carbocycles. The molecule has 27 heavy (non-hydrogen) atoms. The van der Waals surface area contributed by atoms with Crippen molar-refractivity contribution in [1.82, 2.24) is 19.6 Å². The second-order valence-electron chi connectivity index (χ2n) is 7.14. The molecule has 0 amide bonds. The number of hydrogen-bond donors (Lipinski definition) is 0. The number of rotatable bonds is 8. The van der Waals surface area contributed by atoms with Crippen molar-refractivity contribution in [3.63, 3.8) is 0 Å². The number of aryl methyl sites for hydroxylation is 1. The Morgan fingerprint density at radius 2 is 1.52 bits per heavy atom. The predicted octanol–water partition coefficient (Wildman–Crippen LogP) is 3.89. The quantitative estimate of drug-likeness (QED) is 0.650. The van der Waals surface area contributed by atoms with Gasteiger partial charge in [0.2, 0.25) is 0 Å². The zero-order valence-electron chi connectivity index (χ0n) is 15.5. The van der Waals surface area contributed by atoms with Crippen molar-refractivity contribution in [3.8, 4) is 0 Å². The first-order chi connectivity index (χ1) is 13.0. The van der Waals surface area contributed by atoms with Gasteiger partial charge in [-0.3, -0.25) is 9.58 Å². The Morgan fingerprint density at radius 1 is 0.852 bits per heavy atom. The summed E-state index contributed by atoms with van der Waals surface area (Å²) in [5, 5.41) is 4.21. The number of alkyl halides is 3. The molecule has 148 valence electrons. The van der Waals surface area contributed by atoms with Crippen LogP contribution in [-0.2, 0) is 19.3 Å². The van der Waals surface area contributed by atoms with Crippen molar-refractivity contribution in [3.05, 3.63) is 53.9 Å². The van der Waals surface area contributed by atoms with E-state index in [0.717, 1.165) is 57.8 Å². The molecule has 1 saturated heterocycles. The van der Waals surface area contributed by atoms with Crippen LogP contribution in [0.25, 0.3) is 0 Å². The highest BCUT2D eigenvalue weighted by molar-refractivity contribution is 5.24. The van der Waals surface area contributed by atoms with E-state index in [0.29, 0.717) is 0 Å². The molecule has 4 nitrogen and oxygen atoms in total. The van der Waals surface area contributed by atoms with Crippen molar-refractivity contribution in [1.29, 1.82) is 0 Å². The molecule has 0 bridgehead atoms. The van der Waals surface area contributed by atoms with E-state index in [4.69, 9.17) is 0 Å². The Hall–Kier alpha value is -1.86. The Morgan fingerprint density at radius 3 is 2.15 bits per heavy atom. The van der Waals surface area contributed by atoms with Gasteiger partial charge in [0.1, 0.15) is 0 Å². The van der Waals surface area contributed by atoms with Crippen LogP contribution in [0.5, 0.6) is 0 Å². The third-order valence-corrected chi connectivity index (χ3v) is 5.07. The maximum Gasteiger partial charge on any atom is 0.416 e. The third kappa shape index (κ3) is 6.36. The fraction of sp³-hybridized carbons (Fsp3) is 0.550. The van der Waals surface area contributed by atoms with Gasteiger partial charge in [-0.1, -0.05) is 18.6 Å². The van der Waals surface area contributed by atoms with Crippen molar-refractivity contribution >= 4 is 0 Å². The zero-order valence-corrected chi connectivity index (χ0v) is 15.5. The SMILES string of the molecule is FC(F)(F)c1ccc(CN2CCN(CCCCCn3cccn3)CC2)cc1. The summed E-state index contributed by atoms with van der Waals surface area (Å²) in [5.74, 6) is 0. The molecule has 0 saturated carbocycles. The number of hydrogen-bond acceptors (Lipinski definition) is 3. The molecule has 2 aromatic rings. The molecule has 2 heterocycles. The molecule has 0 N–H and O–H groups in total. The molecular formula is C20H27F3N4. The van der Waals surface area contributed by atoms with E-state index in [1.165, 1.54) is 25.0 Å². The van der Waals surface area contributed by atoms with Crippen LogP contribution in [0, 0.1) is 0 Å². The van der Waals surface area contributed by atoms with Crippen LogP contribution in [0.1, 0.15) is 30.4 Å². The van der Waals surface area contributed by atoms with Gasteiger partial charge < -0.3 is 4.90 Å². The second-order valence-corrected chi connectivity index (χ2v) is 7.14. The van der Waals surface area contributed by atoms with E-state index in [9.17, 15) is 13.2 Å². The lowest BCUT2D eigenvalue weighted by molar-refractivity contribution is -0.137. The topological polar surface area (TPSA) is 24.3 Å². The summed E-state index contributed by atoms with van der Waals surface area (Å²) in [7, 11) is 0. The zero-order chi connectivity index (χ0) is 19.1. The number of nitrogens with zero attached hydrogens (tertiary/aromatic N) is 4. The number of unbranched alkanes of at least 4 members (excludes halogenated alkanes) is 2. The molecule has 0 unspecified atom stereocenters. The molecule has 1 aliphatic heterocycles. The highest BCUT2D eigenvalue weighted by Gasteiger charge is 2.30. The van der Waals surface area contributed by atoms with Gasteiger partial charge in [0.15, 0.2) is 0 Å². The summed E-state index contributed by atoms with van der Waals surface area (Å²) in [6, 6.07) is 7.48. The lowest BCUT2D eigenvalue weighted by Gasteiger charge is -2.34. The van der Waals surface area contributed by atoms with Crippen LogP contribution < -0.4 is 0 Å². The standard InChI is InChI=1S/C20H27F3N4/c21-20(22,23)19-7-5-18(6-8-19)17-26-15-13-25(14-16-26)10-2-1-3-11-27-12-4-9-24-27/h4-9,12H,1-3,10-11,13-17H2. The van der Waals surface area contributed by atoms with E-state index in [2.05, 4.69) is 14.9 Å². The molecule has 0 atom stereocenters. The van der Waals surface area contributed by atoms with E-state index in [1.54, 1.807) is 12.1 Å². The number of aromatic nitrogens is 2. The van der Waals surface area contributed by atoms with E-state index < -0.39 is 11.7 Å². The van der Waals surface area contributed by atoms with Gasteiger partial charge in [0.25, 0.3) is 0 Å². The fourth-order valence-corrected chi connectivity index (χ4v) is 3.45. The molecule has 1 aromatic carbocycles. The first-order valence-electron chi connectivity index (χ1n) is 9.59. The minimum Gasteiger partial charge on any atom is -0.301 e. The van der Waals surface area contributed by atoms with Gasteiger partial charge in [0, 0.05) is 51.7 Å². The van der Waals surface area contributed by atoms with Gasteiger partial charge in [-0.05, 0) is 43.1 Å². The molecule has 1 aliphatic rings. The van der Waals surface area contributed by atoms with E-state index >= 15 is 0 Å². The molecule has 0 radical (unpaired) electrons. The van der Waals surface area contributed by atoms with E-state index in [1.807, 2.05) is 23.1 Å². The summed E-state index contributed by atoms with van der Waals surface area (Å²) < 4.78 is 39.8. The number of benzene rings is 1. The summed E-state index contributed by atoms with van der Waals surface area (Å²) in [4.78, 5) is 4.80. The Labute approximate surface area is 158 Å². The van der Waals surface area contributed by atoms with E-state index in [-0.39, 0.29) is 0 Å². The maximum atomic E-state index is 12.6. The lowest BCUT2D eigenvalue weighted by Crippen LogP contribution is -2.46. The predicted molar refractivity (Wildman–Crippen MR) is 99.2 cm³/mol. The Bertz CT molecular complexity index is 660. The van der Waals surface area contributed by atoms with Crippen molar-refractivity contribution in [2.24, 2.45) is 0 Å². The summed E-state index contributed by atoms with van der Waals surface area (Å²) in [6.07, 6.45) is 3.09. The first kappa shape index (κ1) is 19.9. The molecule has 1 fully saturated rings. The maximum absolute atomic E-state index is 12.6. The fourth-order valence-electron chi connectivity index (χ4n) is 3.45. The minimum atomic E-state index is -4.26. The lowest BCUT2D eigenvalue weighted by atomic mass is 10.1. The normalized spacial score (nSPS) is 16.7. The third-order valence-electron chi connectivity index (χ3n) is 5.07. The van der Waals surface area contributed by atoms with Crippen LogP contribution >= 0.6 is 0 Å². The number of halogens is 3. The van der Waals surface area contributed by atoms with Crippen molar-refractivity contribution in [2.75, 3.05) is 32.7 Å². The van der Waals surface area contributed by atoms with Gasteiger partial charge in [-0.25, -0.2) is 0 Å². The molecule has 1 aromatic heterocycles. The first-order valence-corrected chi connectivity index (χ1v) is 9.59. The largest absolute Gasteiger partial charge is 0.416 e. The summed E-state index contributed by atoms with van der Waals surface area (Å²) >= 11 is 0. The van der Waals surface area contributed by atoms with Crippen LogP contribution in [0.4, 0.5) is 13.2 Å². The van der Waals surface area contributed by atoms with Crippen LogP contribution in [0.3, 0.4) is 0 Å². The van der Waals surface area contributed by atoms with Crippen LogP contribution in [-0.4, -0.2) is 52.3 Å². The molecular weight excluding hydrogens is 353 g/mol. The van der Waals surface area contributed by atoms with Gasteiger partial charge in [-0.15, -0.1) is 0 Å². The van der Waals surface area contributed by atoms with Gasteiger partial charge >= 0.3 is 6.18 Å². The smallest absolute Gasteiger partial charge is 0.301 e. The highest BCUT2D eigenvalue weighted by Crippen LogP contribution is 2.29. The van der Waals surface area contributed by atoms with Crippen LogP contribution in [0.2, 0.25) is 0 Å². The van der Waals surface area contributed by atoms with Crippen molar-refractivity contribution < 1.29 is 13.2 Å². The molecule has 0 spiro atoms. The second kappa shape index (κ2) is 9.37. The summed E-state index contributed by atoms with van der Waals surface area (Å²) in [5.41, 5.74) is 0.360. The Balaban J connectivity index is 1.30. The monoisotopic (exact) mass is 380 g/mol. The Kier molecular flexibility index (Phi) is 6.90. The average molecular weight is 380 g/mol. The van der Waals surface area contributed by atoms with Crippen LogP contribution in [0.15, 0.2) is 42.7 Å².